The second-order valence-corrected chi connectivity index (χ2v) is 5.00. The molecule has 2 aliphatic heterocycles. The summed E-state index contributed by atoms with van der Waals surface area (Å²) in [5.74, 6) is 0.900. The summed E-state index contributed by atoms with van der Waals surface area (Å²) in [5.41, 5.74) is 0. The Balaban J connectivity index is 1.59. The summed E-state index contributed by atoms with van der Waals surface area (Å²) in [5, 5.41) is 6.42. The minimum Gasteiger partial charge on any atom is -0.385 e. The van der Waals surface area contributed by atoms with Gasteiger partial charge < -0.3 is 15.4 Å². The molecular formula is C12H23N3O2. The van der Waals surface area contributed by atoms with Crippen molar-refractivity contribution >= 4 is 5.91 Å². The molecule has 0 unspecified atom stereocenters. The second-order valence-electron chi connectivity index (χ2n) is 5.00. The molecule has 0 aromatic carbocycles. The summed E-state index contributed by atoms with van der Waals surface area (Å²) in [4.78, 5) is 13.9. The molecule has 2 fully saturated rings. The van der Waals surface area contributed by atoms with Crippen molar-refractivity contribution in [2.45, 2.75) is 18.9 Å². The van der Waals surface area contributed by atoms with Gasteiger partial charge in [-0.15, -0.1) is 0 Å². The van der Waals surface area contributed by atoms with Gasteiger partial charge in [-0.05, 0) is 25.3 Å². The molecule has 5 heteroatoms. The van der Waals surface area contributed by atoms with Crippen LogP contribution in [0.25, 0.3) is 0 Å². The molecule has 0 saturated carbocycles. The maximum atomic E-state index is 11.7. The third kappa shape index (κ3) is 3.66. The zero-order valence-corrected chi connectivity index (χ0v) is 10.6. The van der Waals surface area contributed by atoms with E-state index in [1.165, 1.54) is 6.42 Å². The van der Waals surface area contributed by atoms with Crippen molar-refractivity contribution < 1.29 is 9.53 Å². The molecule has 0 radical (unpaired) electrons. The number of ether oxygens (including phenoxy) is 1. The Morgan fingerprint density at radius 1 is 1.53 bits per heavy atom. The maximum Gasteiger partial charge on any atom is 0.234 e. The van der Waals surface area contributed by atoms with Crippen LogP contribution in [0.2, 0.25) is 0 Å². The Morgan fingerprint density at radius 2 is 2.41 bits per heavy atom. The number of carbonyl (C=O) groups excluding carboxylic acids is 1. The number of nitrogens with one attached hydrogen (secondary N) is 2. The Labute approximate surface area is 103 Å². The third-order valence-corrected chi connectivity index (χ3v) is 3.65. The van der Waals surface area contributed by atoms with Gasteiger partial charge in [-0.25, -0.2) is 0 Å². The fraction of sp³-hybridized carbons (Fsp3) is 0.917. The molecule has 5 nitrogen and oxygen atoms in total. The predicted molar refractivity (Wildman–Crippen MR) is 65.8 cm³/mol. The molecule has 2 rings (SSSR count). The molecule has 0 bridgehead atoms. The first kappa shape index (κ1) is 12.8. The van der Waals surface area contributed by atoms with Crippen LogP contribution in [0.15, 0.2) is 0 Å². The van der Waals surface area contributed by atoms with Crippen molar-refractivity contribution in [3.63, 3.8) is 0 Å². The van der Waals surface area contributed by atoms with E-state index in [9.17, 15) is 4.79 Å². The molecule has 0 spiro atoms. The number of fused-ring (bicyclic) bond motifs is 1. The molecule has 2 saturated heterocycles. The van der Waals surface area contributed by atoms with Gasteiger partial charge in [0.15, 0.2) is 0 Å². The SMILES string of the molecule is COCCCNC(=O)CN1C[C@@H]2CCN[C@@H]2C1. The molecule has 2 aliphatic rings. The van der Waals surface area contributed by atoms with Crippen LogP contribution < -0.4 is 10.6 Å². The summed E-state index contributed by atoms with van der Waals surface area (Å²) in [7, 11) is 1.68. The van der Waals surface area contributed by atoms with Crippen LogP contribution in [0.3, 0.4) is 0 Å². The van der Waals surface area contributed by atoms with Gasteiger partial charge in [-0.2, -0.15) is 0 Å². The maximum absolute atomic E-state index is 11.7. The molecule has 17 heavy (non-hydrogen) atoms. The van der Waals surface area contributed by atoms with Gasteiger partial charge in [0.25, 0.3) is 0 Å². The van der Waals surface area contributed by atoms with E-state index in [2.05, 4.69) is 15.5 Å². The molecule has 2 heterocycles. The number of carbonyl (C=O) groups is 1. The van der Waals surface area contributed by atoms with E-state index in [4.69, 9.17) is 4.74 Å². The summed E-state index contributed by atoms with van der Waals surface area (Å²) < 4.78 is 4.94. The van der Waals surface area contributed by atoms with Gasteiger partial charge in [-0.1, -0.05) is 0 Å². The Hall–Kier alpha value is -0.650. The van der Waals surface area contributed by atoms with Crippen LogP contribution in [0.4, 0.5) is 0 Å². The minimum absolute atomic E-state index is 0.140. The standard InChI is InChI=1S/C12H23N3O2/c1-17-6-2-4-14-12(16)9-15-7-10-3-5-13-11(10)8-15/h10-11,13H,2-9H2,1H3,(H,14,16)/t10-,11+/m0/s1. The van der Waals surface area contributed by atoms with E-state index in [0.29, 0.717) is 25.7 Å². The molecule has 0 aromatic heterocycles. The highest BCUT2D eigenvalue weighted by Gasteiger charge is 2.36. The van der Waals surface area contributed by atoms with E-state index in [-0.39, 0.29) is 5.91 Å². The van der Waals surface area contributed by atoms with E-state index < -0.39 is 0 Å². The van der Waals surface area contributed by atoms with E-state index >= 15 is 0 Å². The fourth-order valence-corrected chi connectivity index (χ4v) is 2.77. The first-order valence-corrected chi connectivity index (χ1v) is 6.51. The predicted octanol–water partition coefficient (Wildman–Crippen LogP) is -0.567. The number of rotatable bonds is 6. The third-order valence-electron chi connectivity index (χ3n) is 3.65. The van der Waals surface area contributed by atoms with E-state index in [1.54, 1.807) is 7.11 Å². The number of amides is 1. The van der Waals surface area contributed by atoms with Crippen molar-refractivity contribution in [1.82, 2.24) is 15.5 Å². The molecule has 0 aromatic rings. The summed E-state index contributed by atoms with van der Waals surface area (Å²) in [6, 6.07) is 0.622. The number of hydrogen-bond acceptors (Lipinski definition) is 4. The lowest BCUT2D eigenvalue weighted by atomic mass is 10.1. The van der Waals surface area contributed by atoms with Gasteiger partial charge >= 0.3 is 0 Å². The average molecular weight is 241 g/mol. The van der Waals surface area contributed by atoms with Crippen LogP contribution in [0, 0.1) is 5.92 Å². The fourth-order valence-electron chi connectivity index (χ4n) is 2.77. The lowest BCUT2D eigenvalue weighted by Crippen LogP contribution is -2.38. The summed E-state index contributed by atoms with van der Waals surface area (Å²) in [6.07, 6.45) is 2.14. The molecule has 2 N–H and O–H groups in total. The normalized spacial score (nSPS) is 28.3. The van der Waals surface area contributed by atoms with Crippen molar-refractivity contribution in [3.05, 3.63) is 0 Å². The van der Waals surface area contributed by atoms with Gasteiger partial charge in [0.1, 0.15) is 0 Å². The van der Waals surface area contributed by atoms with Crippen LogP contribution in [0.1, 0.15) is 12.8 Å². The second kappa shape index (κ2) is 6.33. The molecular weight excluding hydrogens is 218 g/mol. The lowest BCUT2D eigenvalue weighted by molar-refractivity contribution is -0.122. The Kier molecular flexibility index (Phi) is 4.76. The summed E-state index contributed by atoms with van der Waals surface area (Å²) in [6.45, 7) is 5.21. The number of nitrogens with zero attached hydrogens (tertiary/aromatic N) is 1. The van der Waals surface area contributed by atoms with Crippen molar-refractivity contribution in [2.75, 3.05) is 46.4 Å². The van der Waals surface area contributed by atoms with Gasteiger partial charge in [0.05, 0.1) is 6.54 Å². The van der Waals surface area contributed by atoms with Gasteiger partial charge in [-0.3, -0.25) is 9.69 Å². The topological polar surface area (TPSA) is 53.6 Å². The molecule has 2 atom stereocenters. The largest absolute Gasteiger partial charge is 0.385 e. The number of likely N-dealkylation sites (tertiary alicyclic amines) is 1. The average Bonchev–Trinajstić information content (AvgIpc) is 2.84. The van der Waals surface area contributed by atoms with Crippen molar-refractivity contribution in [1.29, 1.82) is 0 Å². The summed E-state index contributed by atoms with van der Waals surface area (Å²) >= 11 is 0. The van der Waals surface area contributed by atoms with Crippen LogP contribution >= 0.6 is 0 Å². The number of hydrogen-bond donors (Lipinski definition) is 2. The van der Waals surface area contributed by atoms with Crippen LogP contribution in [0.5, 0.6) is 0 Å². The first-order valence-electron chi connectivity index (χ1n) is 6.51. The smallest absolute Gasteiger partial charge is 0.234 e. The van der Waals surface area contributed by atoms with Crippen molar-refractivity contribution in [2.24, 2.45) is 5.92 Å². The monoisotopic (exact) mass is 241 g/mol. The first-order chi connectivity index (χ1) is 8.29. The Bertz CT molecular complexity index is 248. The molecule has 0 aliphatic carbocycles. The van der Waals surface area contributed by atoms with Gasteiger partial charge in [0, 0.05) is 39.4 Å². The molecule has 1 amide bonds. The van der Waals surface area contributed by atoms with Crippen molar-refractivity contribution in [3.8, 4) is 0 Å². The zero-order chi connectivity index (χ0) is 12.1. The highest BCUT2D eigenvalue weighted by Crippen LogP contribution is 2.23. The zero-order valence-electron chi connectivity index (χ0n) is 10.6. The van der Waals surface area contributed by atoms with Crippen LogP contribution in [-0.2, 0) is 9.53 Å². The highest BCUT2D eigenvalue weighted by molar-refractivity contribution is 5.78. The molecule has 98 valence electrons. The quantitative estimate of drug-likeness (QED) is 0.612. The van der Waals surface area contributed by atoms with Gasteiger partial charge in [0.2, 0.25) is 5.91 Å². The minimum atomic E-state index is 0.140. The van der Waals surface area contributed by atoms with E-state index in [1.807, 2.05) is 0 Å². The van der Waals surface area contributed by atoms with Crippen LogP contribution in [-0.4, -0.2) is 63.3 Å². The Morgan fingerprint density at radius 3 is 3.18 bits per heavy atom. The number of methoxy groups -OCH3 is 1. The van der Waals surface area contributed by atoms with E-state index in [0.717, 1.165) is 32.0 Å². The highest BCUT2D eigenvalue weighted by atomic mass is 16.5. The lowest BCUT2D eigenvalue weighted by Gasteiger charge is -2.16.